The normalized spacial score (nSPS) is 10.8. The van der Waals surface area contributed by atoms with E-state index < -0.39 is 5.95 Å². The highest BCUT2D eigenvalue weighted by molar-refractivity contribution is 5.69. The van der Waals surface area contributed by atoms with E-state index in [1.54, 1.807) is 12.1 Å². The third-order valence-corrected chi connectivity index (χ3v) is 4.36. The molecule has 7 heteroatoms. The molecular weight excluding hydrogens is 371 g/mol. The standard InChI is InChI=1S/C22H19FN4O2/c1-14-5-10-19(22(24)25-14)20-12-17(27-29-20)11-15-6-8-18(9-7-15)28-13-16-3-2-4-21(23)26-16/h2-10,12H,11,13H2,1H3,(H2,24,25). The van der Waals surface area contributed by atoms with Crippen LogP contribution in [0.1, 0.15) is 22.6 Å². The summed E-state index contributed by atoms with van der Waals surface area (Å²) in [6.45, 7) is 2.09. The van der Waals surface area contributed by atoms with E-state index in [0.29, 0.717) is 29.4 Å². The number of aromatic nitrogens is 3. The number of hydrogen-bond donors (Lipinski definition) is 1. The Morgan fingerprint density at radius 3 is 2.59 bits per heavy atom. The molecule has 1 aromatic carbocycles. The number of pyridine rings is 2. The fourth-order valence-electron chi connectivity index (χ4n) is 2.91. The number of halogens is 1. The molecule has 3 heterocycles. The number of hydrogen-bond acceptors (Lipinski definition) is 6. The molecule has 0 aliphatic carbocycles. The monoisotopic (exact) mass is 390 g/mol. The van der Waals surface area contributed by atoms with E-state index in [9.17, 15) is 4.39 Å². The number of nitrogens with two attached hydrogens (primary N) is 1. The molecular formula is C22H19FN4O2. The molecule has 0 aliphatic rings. The second-order valence-corrected chi connectivity index (χ2v) is 6.63. The molecule has 4 rings (SSSR count). The first kappa shape index (κ1) is 18.6. The fraction of sp³-hybridized carbons (Fsp3) is 0.136. The van der Waals surface area contributed by atoms with Crippen molar-refractivity contribution in [1.29, 1.82) is 0 Å². The van der Waals surface area contributed by atoms with Crippen molar-refractivity contribution in [2.75, 3.05) is 5.73 Å². The molecule has 0 bridgehead atoms. The Hall–Kier alpha value is -3.74. The van der Waals surface area contributed by atoms with E-state index in [0.717, 1.165) is 22.5 Å². The van der Waals surface area contributed by atoms with Gasteiger partial charge in [-0.2, -0.15) is 4.39 Å². The van der Waals surface area contributed by atoms with Crippen molar-refractivity contribution < 1.29 is 13.7 Å². The van der Waals surface area contributed by atoms with Crippen molar-refractivity contribution in [3.63, 3.8) is 0 Å². The van der Waals surface area contributed by atoms with Gasteiger partial charge >= 0.3 is 0 Å². The lowest BCUT2D eigenvalue weighted by molar-refractivity contribution is 0.299. The number of nitrogen functional groups attached to an aromatic ring is 1. The van der Waals surface area contributed by atoms with Crippen LogP contribution in [-0.2, 0) is 13.0 Å². The predicted octanol–water partition coefficient (Wildman–Crippen LogP) is 4.33. The quantitative estimate of drug-likeness (QED) is 0.493. The summed E-state index contributed by atoms with van der Waals surface area (Å²) in [5.41, 5.74) is 9.92. The summed E-state index contributed by atoms with van der Waals surface area (Å²) >= 11 is 0. The van der Waals surface area contributed by atoms with E-state index in [1.165, 1.54) is 6.07 Å². The van der Waals surface area contributed by atoms with Gasteiger partial charge in [0, 0.05) is 18.2 Å². The van der Waals surface area contributed by atoms with Crippen LogP contribution in [0.4, 0.5) is 10.2 Å². The lowest BCUT2D eigenvalue weighted by Gasteiger charge is -2.06. The average Bonchev–Trinajstić information content (AvgIpc) is 3.16. The molecule has 0 amide bonds. The van der Waals surface area contributed by atoms with Crippen molar-refractivity contribution in [1.82, 2.24) is 15.1 Å². The van der Waals surface area contributed by atoms with Gasteiger partial charge in [0.15, 0.2) is 5.76 Å². The Balaban J connectivity index is 1.39. The van der Waals surface area contributed by atoms with Gasteiger partial charge in [-0.1, -0.05) is 23.4 Å². The Morgan fingerprint density at radius 2 is 1.83 bits per heavy atom. The molecule has 0 spiro atoms. The van der Waals surface area contributed by atoms with Crippen LogP contribution in [0, 0.1) is 12.9 Å². The minimum atomic E-state index is -0.517. The van der Waals surface area contributed by atoms with Crippen LogP contribution in [0.5, 0.6) is 5.75 Å². The van der Waals surface area contributed by atoms with E-state index in [4.69, 9.17) is 15.0 Å². The minimum absolute atomic E-state index is 0.204. The summed E-state index contributed by atoms with van der Waals surface area (Å²) in [7, 11) is 0. The molecule has 29 heavy (non-hydrogen) atoms. The van der Waals surface area contributed by atoms with Crippen LogP contribution in [0.15, 0.2) is 65.2 Å². The topological polar surface area (TPSA) is 87.1 Å². The van der Waals surface area contributed by atoms with Gasteiger partial charge in [-0.3, -0.25) is 0 Å². The number of nitrogens with zero attached hydrogens (tertiary/aromatic N) is 3. The molecule has 0 radical (unpaired) electrons. The zero-order chi connectivity index (χ0) is 20.2. The smallest absolute Gasteiger partial charge is 0.213 e. The van der Waals surface area contributed by atoms with E-state index in [2.05, 4.69) is 15.1 Å². The van der Waals surface area contributed by atoms with Crippen molar-refractivity contribution in [3.05, 3.63) is 89.3 Å². The molecule has 3 aromatic heterocycles. The maximum atomic E-state index is 13.1. The zero-order valence-electron chi connectivity index (χ0n) is 15.8. The van der Waals surface area contributed by atoms with Gasteiger partial charge in [0.25, 0.3) is 0 Å². The number of benzene rings is 1. The van der Waals surface area contributed by atoms with Gasteiger partial charge in [0.2, 0.25) is 5.95 Å². The Morgan fingerprint density at radius 1 is 1.00 bits per heavy atom. The van der Waals surface area contributed by atoms with Gasteiger partial charge in [-0.25, -0.2) is 9.97 Å². The molecule has 4 aromatic rings. The number of rotatable bonds is 6. The molecule has 0 fully saturated rings. The van der Waals surface area contributed by atoms with Crippen LogP contribution in [-0.4, -0.2) is 15.1 Å². The molecule has 0 unspecified atom stereocenters. The first-order chi connectivity index (χ1) is 14.1. The van der Waals surface area contributed by atoms with Crippen molar-refractivity contribution in [2.45, 2.75) is 20.0 Å². The van der Waals surface area contributed by atoms with Crippen LogP contribution >= 0.6 is 0 Å². The lowest BCUT2D eigenvalue weighted by Crippen LogP contribution is -1.99. The maximum Gasteiger partial charge on any atom is 0.213 e. The highest BCUT2D eigenvalue weighted by Gasteiger charge is 2.11. The minimum Gasteiger partial charge on any atom is -0.487 e. The van der Waals surface area contributed by atoms with Gasteiger partial charge in [0.1, 0.15) is 18.2 Å². The Labute approximate surface area is 167 Å². The van der Waals surface area contributed by atoms with E-state index >= 15 is 0 Å². The highest BCUT2D eigenvalue weighted by Crippen LogP contribution is 2.26. The largest absolute Gasteiger partial charge is 0.487 e. The summed E-state index contributed by atoms with van der Waals surface area (Å²) in [6, 6.07) is 17.9. The zero-order valence-corrected chi connectivity index (χ0v) is 15.8. The maximum absolute atomic E-state index is 13.1. The van der Waals surface area contributed by atoms with Crippen molar-refractivity contribution in [3.8, 4) is 17.1 Å². The molecule has 0 saturated heterocycles. The SMILES string of the molecule is Cc1ccc(-c2cc(Cc3ccc(OCc4cccc(F)n4)cc3)no2)c(N)n1. The van der Waals surface area contributed by atoms with Crippen LogP contribution in [0.2, 0.25) is 0 Å². The second kappa shape index (κ2) is 8.10. The van der Waals surface area contributed by atoms with E-state index in [1.807, 2.05) is 49.4 Å². The summed E-state index contributed by atoms with van der Waals surface area (Å²) in [5.74, 6) is 1.17. The lowest BCUT2D eigenvalue weighted by atomic mass is 10.1. The first-order valence-corrected chi connectivity index (χ1v) is 9.09. The molecule has 0 atom stereocenters. The second-order valence-electron chi connectivity index (χ2n) is 6.63. The third kappa shape index (κ3) is 4.57. The summed E-state index contributed by atoms with van der Waals surface area (Å²) in [5, 5.41) is 4.12. The number of ether oxygens (including phenoxy) is 1. The van der Waals surface area contributed by atoms with Gasteiger partial charge in [-0.05, 0) is 48.9 Å². The molecule has 0 aliphatic heterocycles. The van der Waals surface area contributed by atoms with Crippen LogP contribution < -0.4 is 10.5 Å². The van der Waals surface area contributed by atoms with E-state index in [-0.39, 0.29) is 6.61 Å². The Kier molecular flexibility index (Phi) is 5.20. The summed E-state index contributed by atoms with van der Waals surface area (Å²) < 4.78 is 24.2. The summed E-state index contributed by atoms with van der Waals surface area (Å²) in [4.78, 5) is 8.02. The molecule has 6 nitrogen and oxygen atoms in total. The van der Waals surface area contributed by atoms with Crippen molar-refractivity contribution in [2.24, 2.45) is 0 Å². The van der Waals surface area contributed by atoms with Gasteiger partial charge in [-0.15, -0.1) is 0 Å². The van der Waals surface area contributed by atoms with Crippen molar-refractivity contribution >= 4 is 5.82 Å². The number of anilines is 1. The molecule has 146 valence electrons. The predicted molar refractivity (Wildman–Crippen MR) is 107 cm³/mol. The highest BCUT2D eigenvalue weighted by atomic mass is 19.1. The fourth-order valence-corrected chi connectivity index (χ4v) is 2.91. The van der Waals surface area contributed by atoms with Gasteiger partial charge < -0.3 is 15.0 Å². The Bertz CT molecular complexity index is 1130. The average molecular weight is 390 g/mol. The molecule has 2 N–H and O–H groups in total. The van der Waals surface area contributed by atoms with Crippen LogP contribution in [0.3, 0.4) is 0 Å². The number of aryl methyl sites for hydroxylation is 1. The molecule has 0 saturated carbocycles. The van der Waals surface area contributed by atoms with Gasteiger partial charge in [0.05, 0.1) is 17.0 Å². The summed E-state index contributed by atoms with van der Waals surface area (Å²) in [6.07, 6.45) is 0.606. The third-order valence-electron chi connectivity index (χ3n) is 4.36. The first-order valence-electron chi connectivity index (χ1n) is 9.09. The van der Waals surface area contributed by atoms with Crippen LogP contribution in [0.25, 0.3) is 11.3 Å².